The smallest absolute Gasteiger partial charge is 0.170 e. The van der Waals surface area contributed by atoms with Gasteiger partial charge in [0.1, 0.15) is 0 Å². The summed E-state index contributed by atoms with van der Waals surface area (Å²) < 4.78 is 0. The summed E-state index contributed by atoms with van der Waals surface area (Å²) in [5.74, 6) is 0.116. The lowest BCUT2D eigenvalue weighted by Crippen LogP contribution is -2.14. The van der Waals surface area contributed by atoms with E-state index >= 15 is 0 Å². The number of rotatable bonds is 3. The zero-order valence-electron chi connectivity index (χ0n) is 12.0. The van der Waals surface area contributed by atoms with Gasteiger partial charge in [0.25, 0.3) is 0 Å². The minimum Gasteiger partial charge on any atom is -0.409 e. The molecule has 2 aromatic carbocycles. The van der Waals surface area contributed by atoms with Gasteiger partial charge in [-0.15, -0.1) is 0 Å². The quantitative estimate of drug-likeness (QED) is 0.389. The van der Waals surface area contributed by atoms with Crippen molar-refractivity contribution in [2.75, 3.05) is 11.9 Å². The molecule has 0 aliphatic carbocycles. The molecule has 20 heavy (non-hydrogen) atoms. The number of oxime groups is 1. The SMILES string of the molecule is Cc1ccc(N(C)c2ccc(C(N)=NO)cc2)c(C)c1. The number of hydrogen-bond acceptors (Lipinski definition) is 3. The van der Waals surface area contributed by atoms with E-state index in [4.69, 9.17) is 10.9 Å². The fourth-order valence-electron chi connectivity index (χ4n) is 2.23. The van der Waals surface area contributed by atoms with Crippen LogP contribution in [0.25, 0.3) is 0 Å². The summed E-state index contributed by atoms with van der Waals surface area (Å²) in [6, 6.07) is 14.0. The number of aryl methyl sites for hydroxylation is 2. The van der Waals surface area contributed by atoms with E-state index in [-0.39, 0.29) is 5.84 Å². The first kappa shape index (κ1) is 13.9. The van der Waals surface area contributed by atoms with Crippen LogP contribution in [0.1, 0.15) is 16.7 Å². The number of nitrogens with zero attached hydrogens (tertiary/aromatic N) is 2. The molecule has 4 heteroatoms. The third-order valence-corrected chi connectivity index (χ3v) is 3.37. The second kappa shape index (κ2) is 5.65. The third kappa shape index (κ3) is 2.74. The van der Waals surface area contributed by atoms with E-state index in [1.807, 2.05) is 31.3 Å². The predicted molar refractivity (Wildman–Crippen MR) is 82.9 cm³/mol. The molecule has 0 saturated carbocycles. The zero-order chi connectivity index (χ0) is 14.7. The Bertz CT molecular complexity index is 633. The molecule has 0 heterocycles. The van der Waals surface area contributed by atoms with Crippen LogP contribution < -0.4 is 10.6 Å². The fraction of sp³-hybridized carbons (Fsp3) is 0.188. The molecule has 0 aliphatic rings. The van der Waals surface area contributed by atoms with Gasteiger partial charge in [0.2, 0.25) is 0 Å². The number of amidine groups is 1. The minimum atomic E-state index is 0.116. The largest absolute Gasteiger partial charge is 0.409 e. The molecular weight excluding hydrogens is 250 g/mol. The molecule has 2 rings (SSSR count). The maximum atomic E-state index is 8.66. The fourth-order valence-corrected chi connectivity index (χ4v) is 2.23. The molecule has 0 radical (unpaired) electrons. The van der Waals surface area contributed by atoms with Gasteiger partial charge >= 0.3 is 0 Å². The average molecular weight is 269 g/mol. The highest BCUT2D eigenvalue weighted by molar-refractivity contribution is 5.97. The Morgan fingerprint density at radius 1 is 1.10 bits per heavy atom. The summed E-state index contributed by atoms with van der Waals surface area (Å²) in [6.07, 6.45) is 0. The lowest BCUT2D eigenvalue weighted by Gasteiger charge is -2.22. The molecule has 0 spiro atoms. The van der Waals surface area contributed by atoms with Gasteiger partial charge in [-0.3, -0.25) is 0 Å². The number of hydrogen-bond donors (Lipinski definition) is 2. The highest BCUT2D eigenvalue weighted by Crippen LogP contribution is 2.27. The van der Waals surface area contributed by atoms with Crippen LogP contribution in [0.2, 0.25) is 0 Å². The lowest BCUT2D eigenvalue weighted by atomic mass is 10.1. The van der Waals surface area contributed by atoms with E-state index in [2.05, 4.69) is 42.1 Å². The third-order valence-electron chi connectivity index (χ3n) is 3.37. The molecule has 0 fully saturated rings. The molecule has 0 atom stereocenters. The Morgan fingerprint density at radius 2 is 1.75 bits per heavy atom. The van der Waals surface area contributed by atoms with Gasteiger partial charge in [-0.05, 0) is 49.7 Å². The molecule has 0 bridgehead atoms. The van der Waals surface area contributed by atoms with Crippen LogP contribution in [-0.2, 0) is 0 Å². The first-order valence-electron chi connectivity index (χ1n) is 6.42. The highest BCUT2D eigenvalue weighted by atomic mass is 16.4. The monoisotopic (exact) mass is 269 g/mol. The summed E-state index contributed by atoms with van der Waals surface area (Å²) in [7, 11) is 2.02. The first-order valence-corrected chi connectivity index (χ1v) is 6.42. The van der Waals surface area contributed by atoms with Crippen molar-refractivity contribution in [1.29, 1.82) is 0 Å². The Labute approximate surface area is 119 Å². The summed E-state index contributed by atoms with van der Waals surface area (Å²) in [5.41, 5.74) is 10.9. The molecule has 0 saturated heterocycles. The summed E-state index contributed by atoms with van der Waals surface area (Å²) in [4.78, 5) is 2.12. The zero-order valence-corrected chi connectivity index (χ0v) is 12.0. The van der Waals surface area contributed by atoms with Crippen LogP contribution >= 0.6 is 0 Å². The van der Waals surface area contributed by atoms with Crippen molar-refractivity contribution in [3.8, 4) is 0 Å². The maximum Gasteiger partial charge on any atom is 0.170 e. The van der Waals surface area contributed by atoms with Gasteiger partial charge in [0.05, 0.1) is 0 Å². The second-order valence-corrected chi connectivity index (χ2v) is 4.88. The molecular formula is C16H19N3O. The average Bonchev–Trinajstić information content (AvgIpc) is 2.46. The van der Waals surface area contributed by atoms with Gasteiger partial charge in [0.15, 0.2) is 5.84 Å². The molecule has 3 N–H and O–H groups in total. The van der Waals surface area contributed by atoms with Crippen molar-refractivity contribution in [2.24, 2.45) is 10.9 Å². The summed E-state index contributed by atoms with van der Waals surface area (Å²) in [5, 5.41) is 11.7. The van der Waals surface area contributed by atoms with E-state index in [1.165, 1.54) is 11.1 Å². The van der Waals surface area contributed by atoms with Crippen LogP contribution in [0.3, 0.4) is 0 Å². The van der Waals surface area contributed by atoms with Crippen molar-refractivity contribution < 1.29 is 5.21 Å². The Balaban J connectivity index is 2.31. The Kier molecular flexibility index (Phi) is 3.94. The minimum absolute atomic E-state index is 0.116. The molecule has 2 aromatic rings. The van der Waals surface area contributed by atoms with Gasteiger partial charge < -0.3 is 15.8 Å². The van der Waals surface area contributed by atoms with Gasteiger partial charge in [-0.2, -0.15) is 0 Å². The normalized spacial score (nSPS) is 11.4. The lowest BCUT2D eigenvalue weighted by molar-refractivity contribution is 0.318. The second-order valence-electron chi connectivity index (χ2n) is 4.88. The van der Waals surface area contributed by atoms with E-state index in [0.29, 0.717) is 5.56 Å². The van der Waals surface area contributed by atoms with E-state index < -0.39 is 0 Å². The first-order chi connectivity index (χ1) is 9.52. The number of nitrogens with two attached hydrogens (primary N) is 1. The molecule has 0 amide bonds. The number of anilines is 2. The van der Waals surface area contributed by atoms with Crippen molar-refractivity contribution in [3.63, 3.8) is 0 Å². The number of benzene rings is 2. The van der Waals surface area contributed by atoms with Crippen molar-refractivity contribution in [3.05, 3.63) is 59.2 Å². The van der Waals surface area contributed by atoms with Crippen LogP contribution in [0.5, 0.6) is 0 Å². The Morgan fingerprint density at radius 3 is 2.30 bits per heavy atom. The van der Waals surface area contributed by atoms with Crippen LogP contribution in [0.4, 0.5) is 11.4 Å². The van der Waals surface area contributed by atoms with E-state index in [9.17, 15) is 0 Å². The predicted octanol–water partition coefficient (Wildman–Crippen LogP) is 3.17. The van der Waals surface area contributed by atoms with Gasteiger partial charge in [0, 0.05) is 24.0 Å². The van der Waals surface area contributed by atoms with E-state index in [1.54, 1.807) is 0 Å². The molecule has 0 unspecified atom stereocenters. The molecule has 104 valence electrons. The van der Waals surface area contributed by atoms with Gasteiger partial charge in [-0.1, -0.05) is 22.9 Å². The van der Waals surface area contributed by atoms with Crippen LogP contribution in [0, 0.1) is 13.8 Å². The van der Waals surface area contributed by atoms with Gasteiger partial charge in [-0.25, -0.2) is 0 Å². The topological polar surface area (TPSA) is 61.8 Å². The Hall–Kier alpha value is -2.49. The molecule has 0 aliphatic heterocycles. The maximum absolute atomic E-state index is 8.66. The molecule has 4 nitrogen and oxygen atoms in total. The summed E-state index contributed by atoms with van der Waals surface area (Å²) in [6.45, 7) is 4.19. The van der Waals surface area contributed by atoms with E-state index in [0.717, 1.165) is 11.4 Å². The van der Waals surface area contributed by atoms with Crippen molar-refractivity contribution >= 4 is 17.2 Å². The molecule has 0 aromatic heterocycles. The highest BCUT2D eigenvalue weighted by Gasteiger charge is 2.07. The van der Waals surface area contributed by atoms with Crippen LogP contribution in [0.15, 0.2) is 47.6 Å². The van der Waals surface area contributed by atoms with Crippen LogP contribution in [-0.4, -0.2) is 18.1 Å². The standard InChI is InChI=1S/C16H19N3O/c1-11-4-9-15(12(2)10-11)19(3)14-7-5-13(6-8-14)16(17)18-20/h4-10,20H,1-3H3,(H2,17,18). The summed E-state index contributed by atoms with van der Waals surface area (Å²) >= 11 is 0. The van der Waals surface area contributed by atoms with Crippen molar-refractivity contribution in [2.45, 2.75) is 13.8 Å². The van der Waals surface area contributed by atoms with Crippen molar-refractivity contribution in [1.82, 2.24) is 0 Å².